The number of hydrogen-bond donors (Lipinski definition) is 1. The minimum absolute atomic E-state index is 0.124. The minimum atomic E-state index is -4.59. The molecule has 1 N–H and O–H groups in total. The van der Waals surface area contributed by atoms with E-state index in [1.165, 1.54) is 24.3 Å². The quantitative estimate of drug-likeness (QED) is 0.782. The maximum Gasteiger partial charge on any atom is 0.417 e. The first-order chi connectivity index (χ1) is 13.8. The summed E-state index contributed by atoms with van der Waals surface area (Å²) in [5.74, 6) is -0.868. The van der Waals surface area contributed by atoms with Crippen molar-refractivity contribution in [2.24, 2.45) is 0 Å². The SMILES string of the molecule is O=C(NC1CCN(C(=O)/C=C/c2ccccc2)CC1)c1ccccc1C(F)(F)F. The molecule has 3 rings (SSSR count). The number of nitrogens with zero attached hydrogens (tertiary/aromatic N) is 1. The molecule has 4 nitrogen and oxygen atoms in total. The summed E-state index contributed by atoms with van der Waals surface area (Å²) in [6.45, 7) is 0.869. The Hall–Kier alpha value is -3.09. The molecule has 1 saturated heterocycles. The van der Waals surface area contributed by atoms with Crippen LogP contribution in [0.15, 0.2) is 60.7 Å². The van der Waals surface area contributed by atoms with Crippen LogP contribution >= 0.6 is 0 Å². The molecule has 152 valence electrons. The average Bonchev–Trinajstić information content (AvgIpc) is 2.72. The fourth-order valence-electron chi connectivity index (χ4n) is 3.27. The summed E-state index contributed by atoms with van der Waals surface area (Å²) in [4.78, 5) is 26.3. The van der Waals surface area contributed by atoms with E-state index in [1.54, 1.807) is 11.0 Å². The van der Waals surface area contributed by atoms with Crippen molar-refractivity contribution in [2.45, 2.75) is 25.1 Å². The van der Waals surface area contributed by atoms with E-state index in [-0.39, 0.29) is 17.5 Å². The van der Waals surface area contributed by atoms with E-state index >= 15 is 0 Å². The van der Waals surface area contributed by atoms with Gasteiger partial charge in [0, 0.05) is 25.2 Å². The molecule has 0 atom stereocenters. The number of rotatable bonds is 4. The van der Waals surface area contributed by atoms with E-state index in [9.17, 15) is 22.8 Å². The van der Waals surface area contributed by atoms with Crippen LogP contribution in [-0.2, 0) is 11.0 Å². The maximum absolute atomic E-state index is 13.1. The normalized spacial score (nSPS) is 15.5. The number of carbonyl (C=O) groups excluding carboxylic acids is 2. The topological polar surface area (TPSA) is 49.4 Å². The number of amides is 2. The molecule has 0 bridgehead atoms. The van der Waals surface area contributed by atoms with Crippen LogP contribution in [0.5, 0.6) is 0 Å². The predicted molar refractivity (Wildman–Crippen MR) is 104 cm³/mol. The highest BCUT2D eigenvalue weighted by molar-refractivity contribution is 5.96. The molecule has 2 aromatic rings. The summed E-state index contributed by atoms with van der Waals surface area (Å²) in [7, 11) is 0. The van der Waals surface area contributed by atoms with Crippen molar-refractivity contribution in [3.05, 3.63) is 77.4 Å². The van der Waals surface area contributed by atoms with Crippen LogP contribution in [0.2, 0.25) is 0 Å². The average molecular weight is 402 g/mol. The van der Waals surface area contributed by atoms with Gasteiger partial charge in [0.2, 0.25) is 5.91 Å². The fourth-order valence-corrected chi connectivity index (χ4v) is 3.27. The van der Waals surface area contributed by atoms with Crippen LogP contribution in [-0.4, -0.2) is 35.8 Å². The number of benzene rings is 2. The van der Waals surface area contributed by atoms with Crippen molar-refractivity contribution in [1.29, 1.82) is 0 Å². The van der Waals surface area contributed by atoms with Crippen molar-refractivity contribution < 1.29 is 22.8 Å². The molecule has 2 amide bonds. The van der Waals surface area contributed by atoms with E-state index in [2.05, 4.69) is 5.32 Å². The molecule has 2 aromatic carbocycles. The molecule has 0 aliphatic carbocycles. The number of likely N-dealkylation sites (tertiary alicyclic amines) is 1. The Bertz CT molecular complexity index is 886. The van der Waals surface area contributed by atoms with E-state index in [1.807, 2.05) is 30.3 Å². The summed E-state index contributed by atoms with van der Waals surface area (Å²) >= 11 is 0. The molecule has 1 fully saturated rings. The first-order valence-corrected chi connectivity index (χ1v) is 9.34. The number of carbonyl (C=O) groups is 2. The fraction of sp³-hybridized carbons (Fsp3) is 0.273. The smallest absolute Gasteiger partial charge is 0.349 e. The third kappa shape index (κ3) is 5.47. The van der Waals surface area contributed by atoms with E-state index in [4.69, 9.17) is 0 Å². The maximum atomic E-state index is 13.1. The Morgan fingerprint density at radius 1 is 0.966 bits per heavy atom. The molecule has 0 unspecified atom stereocenters. The molecule has 29 heavy (non-hydrogen) atoms. The molecule has 0 spiro atoms. The summed E-state index contributed by atoms with van der Waals surface area (Å²) in [6.07, 6.45) is -0.359. The number of halogens is 3. The first kappa shape index (κ1) is 20.6. The summed E-state index contributed by atoms with van der Waals surface area (Å²) < 4.78 is 39.3. The molecule has 1 aliphatic rings. The van der Waals surface area contributed by atoms with Gasteiger partial charge in [0.1, 0.15) is 0 Å². The Morgan fingerprint density at radius 2 is 1.59 bits per heavy atom. The summed E-state index contributed by atoms with van der Waals surface area (Å²) in [5, 5.41) is 2.67. The molecule has 0 saturated carbocycles. The van der Waals surface area contributed by atoms with Crippen molar-refractivity contribution in [1.82, 2.24) is 10.2 Å². The van der Waals surface area contributed by atoms with Crippen LogP contribution in [0.3, 0.4) is 0 Å². The van der Waals surface area contributed by atoms with Gasteiger partial charge in [-0.3, -0.25) is 9.59 Å². The predicted octanol–water partition coefficient (Wildman–Crippen LogP) is 4.14. The van der Waals surface area contributed by atoms with Gasteiger partial charge in [-0.15, -0.1) is 0 Å². The second-order valence-corrected chi connectivity index (χ2v) is 6.86. The van der Waals surface area contributed by atoms with Crippen LogP contribution in [0.4, 0.5) is 13.2 Å². The highest BCUT2D eigenvalue weighted by Crippen LogP contribution is 2.31. The van der Waals surface area contributed by atoms with Crippen molar-refractivity contribution in [3.63, 3.8) is 0 Å². The molecule has 7 heteroatoms. The molecule has 1 heterocycles. The Kier molecular flexibility index (Phi) is 6.36. The number of hydrogen-bond acceptors (Lipinski definition) is 2. The van der Waals surface area contributed by atoms with Gasteiger partial charge in [-0.05, 0) is 36.6 Å². The number of nitrogens with one attached hydrogen (secondary N) is 1. The van der Waals surface area contributed by atoms with Gasteiger partial charge in [0.25, 0.3) is 5.91 Å². The molecular weight excluding hydrogens is 381 g/mol. The third-order valence-corrected chi connectivity index (χ3v) is 4.84. The van der Waals surface area contributed by atoms with Gasteiger partial charge in [-0.2, -0.15) is 13.2 Å². The van der Waals surface area contributed by atoms with E-state index in [0.717, 1.165) is 11.6 Å². The van der Waals surface area contributed by atoms with Crippen molar-refractivity contribution in [2.75, 3.05) is 13.1 Å². The Balaban J connectivity index is 1.54. The lowest BCUT2D eigenvalue weighted by Gasteiger charge is -2.32. The highest BCUT2D eigenvalue weighted by Gasteiger charge is 2.35. The zero-order valence-corrected chi connectivity index (χ0v) is 15.7. The van der Waals surface area contributed by atoms with Crippen molar-refractivity contribution in [3.8, 4) is 0 Å². The van der Waals surface area contributed by atoms with Crippen LogP contribution in [0.1, 0.15) is 34.3 Å². The minimum Gasteiger partial charge on any atom is -0.349 e. The van der Waals surface area contributed by atoms with Crippen LogP contribution < -0.4 is 5.32 Å². The number of alkyl halides is 3. The largest absolute Gasteiger partial charge is 0.417 e. The van der Waals surface area contributed by atoms with Crippen molar-refractivity contribution >= 4 is 17.9 Å². The second-order valence-electron chi connectivity index (χ2n) is 6.86. The lowest BCUT2D eigenvalue weighted by atomic mass is 10.0. The third-order valence-electron chi connectivity index (χ3n) is 4.84. The highest BCUT2D eigenvalue weighted by atomic mass is 19.4. The first-order valence-electron chi connectivity index (χ1n) is 9.34. The summed E-state index contributed by atoms with van der Waals surface area (Å²) in [5.41, 5.74) is -0.410. The molecule has 1 aliphatic heterocycles. The second kappa shape index (κ2) is 8.94. The van der Waals surface area contributed by atoms with E-state index in [0.29, 0.717) is 25.9 Å². The van der Waals surface area contributed by atoms with Gasteiger partial charge in [-0.1, -0.05) is 42.5 Å². The lowest BCUT2D eigenvalue weighted by Crippen LogP contribution is -2.46. The van der Waals surface area contributed by atoms with Gasteiger partial charge in [0.05, 0.1) is 11.1 Å². The number of piperidine rings is 1. The zero-order chi connectivity index (χ0) is 20.9. The standard InChI is InChI=1S/C22H21F3N2O2/c23-22(24,25)19-9-5-4-8-18(19)21(29)26-17-12-14-27(15-13-17)20(28)11-10-16-6-2-1-3-7-16/h1-11,17H,12-15H2,(H,26,29)/b11-10+. The molecular formula is C22H21F3N2O2. The molecule has 0 radical (unpaired) electrons. The van der Waals surface area contributed by atoms with Gasteiger partial charge >= 0.3 is 6.18 Å². The van der Waals surface area contributed by atoms with Gasteiger partial charge < -0.3 is 10.2 Å². The van der Waals surface area contributed by atoms with Gasteiger partial charge in [0.15, 0.2) is 0 Å². The molecule has 0 aromatic heterocycles. The van der Waals surface area contributed by atoms with Gasteiger partial charge in [-0.25, -0.2) is 0 Å². The Labute approximate surface area is 167 Å². The zero-order valence-electron chi connectivity index (χ0n) is 15.7. The monoisotopic (exact) mass is 402 g/mol. The van der Waals surface area contributed by atoms with E-state index < -0.39 is 17.6 Å². The van der Waals surface area contributed by atoms with Crippen LogP contribution in [0, 0.1) is 0 Å². The Morgan fingerprint density at radius 3 is 2.24 bits per heavy atom. The summed E-state index contributed by atoms with van der Waals surface area (Å²) in [6, 6.07) is 13.9. The van der Waals surface area contributed by atoms with Crippen LogP contribution in [0.25, 0.3) is 6.08 Å². The lowest BCUT2D eigenvalue weighted by molar-refractivity contribution is -0.138.